The summed E-state index contributed by atoms with van der Waals surface area (Å²) in [6, 6.07) is 0. The van der Waals surface area contributed by atoms with Gasteiger partial charge < -0.3 is 0 Å². The van der Waals surface area contributed by atoms with Crippen LogP contribution in [0.2, 0.25) is 0 Å². The molecule has 0 radical (unpaired) electrons. The lowest BCUT2D eigenvalue weighted by molar-refractivity contribution is -0.121. The molecule has 0 bridgehead atoms. The SMILES string of the molecule is CCCCCCC1CCC(CCC2CCC(C(C)=O)CC2)CC1. The lowest BCUT2D eigenvalue weighted by atomic mass is 9.74. The zero-order valence-electron chi connectivity index (χ0n) is 15.8. The van der Waals surface area contributed by atoms with Gasteiger partial charge in [0, 0.05) is 5.92 Å². The van der Waals surface area contributed by atoms with Crippen molar-refractivity contribution in [1.82, 2.24) is 0 Å². The molecule has 1 heteroatoms. The number of hydrogen-bond donors (Lipinski definition) is 0. The van der Waals surface area contributed by atoms with Crippen LogP contribution >= 0.6 is 0 Å². The quantitative estimate of drug-likeness (QED) is 0.420. The van der Waals surface area contributed by atoms with Crippen LogP contribution < -0.4 is 0 Å². The fourth-order valence-corrected chi connectivity index (χ4v) is 5.00. The van der Waals surface area contributed by atoms with Gasteiger partial charge >= 0.3 is 0 Å². The summed E-state index contributed by atoms with van der Waals surface area (Å²) in [5, 5.41) is 0. The van der Waals surface area contributed by atoms with Crippen LogP contribution in [0.1, 0.15) is 110 Å². The summed E-state index contributed by atoms with van der Waals surface area (Å²) in [5.41, 5.74) is 0. The van der Waals surface area contributed by atoms with Crippen molar-refractivity contribution in [3.63, 3.8) is 0 Å². The molecule has 2 saturated carbocycles. The van der Waals surface area contributed by atoms with Gasteiger partial charge in [0.25, 0.3) is 0 Å². The molecule has 1 nitrogen and oxygen atoms in total. The first-order valence-electron chi connectivity index (χ1n) is 10.7. The van der Waals surface area contributed by atoms with Gasteiger partial charge in [-0.05, 0) is 50.4 Å². The minimum absolute atomic E-state index is 0.398. The van der Waals surface area contributed by atoms with E-state index in [1.165, 1.54) is 96.3 Å². The third kappa shape index (κ3) is 6.98. The predicted molar refractivity (Wildman–Crippen MR) is 99.6 cm³/mol. The van der Waals surface area contributed by atoms with Gasteiger partial charge in [-0.25, -0.2) is 0 Å². The molecular formula is C22H40O. The highest BCUT2D eigenvalue weighted by molar-refractivity contribution is 5.78. The van der Waals surface area contributed by atoms with Crippen LogP contribution in [0.4, 0.5) is 0 Å². The highest BCUT2D eigenvalue weighted by atomic mass is 16.1. The number of Topliss-reactive ketones (excluding diaryl/α,β-unsaturated/α-hetero) is 1. The molecule has 2 aliphatic carbocycles. The molecule has 2 aliphatic rings. The molecule has 23 heavy (non-hydrogen) atoms. The van der Waals surface area contributed by atoms with Crippen molar-refractivity contribution in [2.75, 3.05) is 0 Å². The van der Waals surface area contributed by atoms with Gasteiger partial charge in [-0.2, -0.15) is 0 Å². The van der Waals surface area contributed by atoms with Crippen LogP contribution in [0.5, 0.6) is 0 Å². The number of rotatable bonds is 9. The number of ketones is 1. The maximum Gasteiger partial charge on any atom is 0.132 e. The summed E-state index contributed by atoms with van der Waals surface area (Å²) in [7, 11) is 0. The van der Waals surface area contributed by atoms with E-state index in [2.05, 4.69) is 6.92 Å². The maximum atomic E-state index is 11.5. The van der Waals surface area contributed by atoms with E-state index in [0.717, 1.165) is 17.8 Å². The fraction of sp³-hybridized carbons (Fsp3) is 0.955. The molecular weight excluding hydrogens is 280 g/mol. The Kier molecular flexibility index (Phi) is 8.69. The Morgan fingerprint density at radius 3 is 1.65 bits per heavy atom. The highest BCUT2D eigenvalue weighted by Crippen LogP contribution is 2.37. The van der Waals surface area contributed by atoms with Crippen molar-refractivity contribution in [3.05, 3.63) is 0 Å². The Balaban J connectivity index is 1.52. The molecule has 0 aliphatic heterocycles. The second-order valence-corrected chi connectivity index (χ2v) is 8.64. The monoisotopic (exact) mass is 320 g/mol. The number of unbranched alkanes of at least 4 members (excludes halogenated alkanes) is 3. The smallest absolute Gasteiger partial charge is 0.132 e. The molecule has 0 atom stereocenters. The van der Waals surface area contributed by atoms with Crippen LogP contribution in [0.3, 0.4) is 0 Å². The zero-order valence-corrected chi connectivity index (χ0v) is 15.8. The largest absolute Gasteiger partial charge is 0.300 e. The van der Waals surface area contributed by atoms with Gasteiger partial charge in [-0.1, -0.05) is 77.6 Å². The van der Waals surface area contributed by atoms with Gasteiger partial charge in [0.1, 0.15) is 5.78 Å². The third-order valence-corrected chi connectivity index (χ3v) is 6.84. The van der Waals surface area contributed by atoms with Crippen molar-refractivity contribution in [3.8, 4) is 0 Å². The van der Waals surface area contributed by atoms with E-state index in [9.17, 15) is 4.79 Å². The van der Waals surface area contributed by atoms with Gasteiger partial charge in [-0.15, -0.1) is 0 Å². The molecule has 134 valence electrons. The zero-order chi connectivity index (χ0) is 16.5. The van der Waals surface area contributed by atoms with E-state index in [1.54, 1.807) is 6.92 Å². The number of carbonyl (C=O) groups is 1. The third-order valence-electron chi connectivity index (χ3n) is 6.84. The molecule has 0 unspecified atom stereocenters. The first kappa shape index (κ1) is 19.0. The number of carbonyl (C=O) groups excluding carboxylic acids is 1. The average Bonchev–Trinajstić information content (AvgIpc) is 2.58. The van der Waals surface area contributed by atoms with E-state index in [-0.39, 0.29) is 0 Å². The minimum atomic E-state index is 0.398. The van der Waals surface area contributed by atoms with Crippen LogP contribution in [-0.4, -0.2) is 5.78 Å². The molecule has 0 aromatic heterocycles. The molecule has 0 amide bonds. The molecule has 0 heterocycles. The fourth-order valence-electron chi connectivity index (χ4n) is 5.00. The summed E-state index contributed by atoms with van der Waals surface area (Å²) in [6.07, 6.45) is 21.1. The van der Waals surface area contributed by atoms with Crippen molar-refractivity contribution in [2.45, 2.75) is 110 Å². The topological polar surface area (TPSA) is 17.1 Å². The lowest BCUT2D eigenvalue weighted by Crippen LogP contribution is -2.21. The second kappa shape index (κ2) is 10.5. The summed E-state index contributed by atoms with van der Waals surface area (Å²) in [5.74, 6) is 3.83. The Hall–Kier alpha value is -0.330. The van der Waals surface area contributed by atoms with Crippen molar-refractivity contribution in [2.24, 2.45) is 23.7 Å². The standard InChI is InChI=1S/C22H40O/c1-3-4-5-6-7-19-8-10-20(11-9-19)12-13-21-14-16-22(17-15-21)18(2)23/h19-22H,3-17H2,1-2H3. The van der Waals surface area contributed by atoms with Crippen molar-refractivity contribution in [1.29, 1.82) is 0 Å². The van der Waals surface area contributed by atoms with Crippen LogP contribution in [0.25, 0.3) is 0 Å². The first-order chi connectivity index (χ1) is 11.2. The minimum Gasteiger partial charge on any atom is -0.300 e. The first-order valence-corrected chi connectivity index (χ1v) is 10.7. The molecule has 0 N–H and O–H groups in total. The van der Waals surface area contributed by atoms with E-state index in [4.69, 9.17) is 0 Å². The van der Waals surface area contributed by atoms with Crippen LogP contribution in [-0.2, 0) is 4.79 Å². The summed E-state index contributed by atoms with van der Waals surface area (Å²) < 4.78 is 0. The number of hydrogen-bond acceptors (Lipinski definition) is 1. The van der Waals surface area contributed by atoms with Gasteiger partial charge in [0.15, 0.2) is 0 Å². The van der Waals surface area contributed by atoms with Gasteiger partial charge in [-0.3, -0.25) is 4.79 Å². The highest BCUT2D eigenvalue weighted by Gasteiger charge is 2.26. The second-order valence-electron chi connectivity index (χ2n) is 8.64. The molecule has 2 fully saturated rings. The predicted octanol–water partition coefficient (Wildman–Crippen LogP) is 6.94. The molecule has 0 saturated heterocycles. The Bertz CT molecular complexity index is 319. The summed E-state index contributed by atoms with van der Waals surface area (Å²) in [6.45, 7) is 4.09. The lowest BCUT2D eigenvalue weighted by Gasteiger charge is -2.31. The van der Waals surface area contributed by atoms with Crippen molar-refractivity contribution < 1.29 is 4.79 Å². The molecule has 2 rings (SSSR count). The van der Waals surface area contributed by atoms with E-state index >= 15 is 0 Å². The van der Waals surface area contributed by atoms with Crippen LogP contribution in [0.15, 0.2) is 0 Å². The Labute approximate surface area is 145 Å². The van der Waals surface area contributed by atoms with E-state index < -0.39 is 0 Å². The van der Waals surface area contributed by atoms with E-state index in [0.29, 0.717) is 11.7 Å². The Morgan fingerprint density at radius 1 is 0.696 bits per heavy atom. The average molecular weight is 321 g/mol. The summed E-state index contributed by atoms with van der Waals surface area (Å²) in [4.78, 5) is 11.5. The van der Waals surface area contributed by atoms with Crippen LogP contribution in [0, 0.1) is 23.7 Å². The molecule has 0 spiro atoms. The molecule has 0 aromatic rings. The maximum absolute atomic E-state index is 11.5. The van der Waals surface area contributed by atoms with Gasteiger partial charge in [0.2, 0.25) is 0 Å². The van der Waals surface area contributed by atoms with E-state index in [1.807, 2.05) is 0 Å². The van der Waals surface area contributed by atoms with Crippen molar-refractivity contribution >= 4 is 5.78 Å². The normalized spacial score (nSPS) is 31.9. The molecule has 0 aromatic carbocycles. The van der Waals surface area contributed by atoms with Gasteiger partial charge in [0.05, 0.1) is 0 Å². The summed E-state index contributed by atoms with van der Waals surface area (Å²) >= 11 is 0. The Morgan fingerprint density at radius 2 is 1.17 bits per heavy atom.